The normalized spacial score (nSPS) is 11.6. The molecule has 29 heavy (non-hydrogen) atoms. The first-order chi connectivity index (χ1) is 13.9. The summed E-state index contributed by atoms with van der Waals surface area (Å²) in [7, 11) is 0. The molecule has 1 amide bonds. The molecule has 3 aromatic rings. The molecule has 1 N–H and O–H groups in total. The Labute approximate surface area is 171 Å². The molecule has 0 fully saturated rings. The van der Waals surface area contributed by atoms with Gasteiger partial charge in [-0.1, -0.05) is 30.3 Å². The fraction of sp³-hybridized carbons (Fsp3) is 0.143. The number of nitrogens with zero attached hydrogens (tertiary/aromatic N) is 1. The summed E-state index contributed by atoms with van der Waals surface area (Å²) in [5.74, 6) is -0.969. The Kier molecular flexibility index (Phi) is 6.46. The van der Waals surface area contributed by atoms with Gasteiger partial charge in [-0.25, -0.2) is 0 Å². The van der Waals surface area contributed by atoms with Gasteiger partial charge in [-0.2, -0.15) is 0 Å². The molecule has 3 aromatic carbocycles. The van der Waals surface area contributed by atoms with Crippen molar-refractivity contribution in [3.05, 3.63) is 76.8 Å². The van der Waals surface area contributed by atoms with E-state index in [9.17, 15) is 19.7 Å². The second kappa shape index (κ2) is 9.20. The van der Waals surface area contributed by atoms with E-state index in [1.807, 2.05) is 36.4 Å². The van der Waals surface area contributed by atoms with Crippen LogP contribution in [0, 0.1) is 10.1 Å². The molecule has 0 spiro atoms. The zero-order valence-electron chi connectivity index (χ0n) is 15.5. The number of ether oxygens (including phenoxy) is 1. The number of esters is 1. The summed E-state index contributed by atoms with van der Waals surface area (Å²) in [5.41, 5.74) is 0.605. The minimum atomic E-state index is -0.565. The third-order valence-corrected chi connectivity index (χ3v) is 5.16. The van der Waals surface area contributed by atoms with Gasteiger partial charge >= 0.3 is 5.97 Å². The highest BCUT2D eigenvalue weighted by molar-refractivity contribution is 8.00. The third kappa shape index (κ3) is 5.55. The predicted octanol–water partition coefficient (Wildman–Crippen LogP) is 4.41. The monoisotopic (exact) mass is 410 g/mol. The number of benzene rings is 3. The lowest BCUT2D eigenvalue weighted by Gasteiger charge is -2.11. The molecule has 0 aliphatic rings. The van der Waals surface area contributed by atoms with Gasteiger partial charge in [0.05, 0.1) is 4.92 Å². The van der Waals surface area contributed by atoms with Gasteiger partial charge in [0.25, 0.3) is 11.6 Å². The van der Waals surface area contributed by atoms with Crippen molar-refractivity contribution in [2.75, 3.05) is 11.9 Å². The number of thioether (sulfide) groups is 1. The van der Waals surface area contributed by atoms with Crippen LogP contribution in [0.15, 0.2) is 71.6 Å². The molecule has 8 heteroatoms. The molecule has 0 bridgehead atoms. The number of nitrogens with one attached hydrogen (secondary N) is 1. The van der Waals surface area contributed by atoms with Crippen LogP contribution in [0.2, 0.25) is 0 Å². The number of carbonyl (C=O) groups is 2. The lowest BCUT2D eigenvalue weighted by atomic mass is 10.1. The maximum Gasteiger partial charge on any atom is 0.319 e. The van der Waals surface area contributed by atoms with Crippen LogP contribution in [0.5, 0.6) is 0 Å². The molecule has 3 rings (SSSR count). The topological polar surface area (TPSA) is 98.5 Å². The van der Waals surface area contributed by atoms with Crippen LogP contribution >= 0.6 is 11.8 Å². The standard InChI is InChI=1S/C21H18N2O5S/c1-14(29-19-10-8-18(9-11-19)23(26)27)21(25)28-13-20(24)22-17-7-6-15-4-2-3-5-16(15)12-17/h2-12,14H,13H2,1H3,(H,22,24)/t14-/m0/s1. The molecule has 0 saturated carbocycles. The first-order valence-corrected chi connectivity index (χ1v) is 9.67. The van der Waals surface area contributed by atoms with E-state index in [2.05, 4.69) is 5.32 Å². The molecular formula is C21H18N2O5S. The van der Waals surface area contributed by atoms with E-state index in [0.29, 0.717) is 10.6 Å². The van der Waals surface area contributed by atoms with E-state index in [4.69, 9.17) is 4.74 Å². The fourth-order valence-electron chi connectivity index (χ4n) is 2.62. The van der Waals surface area contributed by atoms with Crippen molar-refractivity contribution < 1.29 is 19.2 Å². The number of hydrogen-bond donors (Lipinski definition) is 1. The van der Waals surface area contributed by atoms with Gasteiger partial charge in [0.2, 0.25) is 0 Å². The molecule has 0 unspecified atom stereocenters. The highest BCUT2D eigenvalue weighted by Crippen LogP contribution is 2.26. The van der Waals surface area contributed by atoms with Crippen LogP contribution in [-0.4, -0.2) is 28.7 Å². The zero-order valence-corrected chi connectivity index (χ0v) is 16.3. The van der Waals surface area contributed by atoms with E-state index in [1.54, 1.807) is 25.1 Å². The lowest BCUT2D eigenvalue weighted by Crippen LogP contribution is -2.24. The minimum Gasteiger partial charge on any atom is -0.455 e. The summed E-state index contributed by atoms with van der Waals surface area (Å²) < 4.78 is 5.08. The van der Waals surface area contributed by atoms with E-state index in [1.165, 1.54) is 23.9 Å². The number of anilines is 1. The van der Waals surface area contributed by atoms with Gasteiger partial charge in [-0.3, -0.25) is 19.7 Å². The van der Waals surface area contributed by atoms with Crippen molar-refractivity contribution in [1.82, 2.24) is 0 Å². The van der Waals surface area contributed by atoms with E-state index >= 15 is 0 Å². The number of fused-ring (bicyclic) bond motifs is 1. The maximum atomic E-state index is 12.1. The average Bonchev–Trinajstić information content (AvgIpc) is 2.72. The average molecular weight is 410 g/mol. The molecule has 148 valence electrons. The summed E-state index contributed by atoms with van der Waals surface area (Å²) in [4.78, 5) is 35.1. The highest BCUT2D eigenvalue weighted by atomic mass is 32.2. The molecule has 0 aromatic heterocycles. The van der Waals surface area contributed by atoms with Crippen molar-refractivity contribution >= 4 is 45.8 Å². The Morgan fingerprint density at radius 2 is 1.76 bits per heavy atom. The van der Waals surface area contributed by atoms with Crippen molar-refractivity contribution in [2.24, 2.45) is 0 Å². The van der Waals surface area contributed by atoms with Gasteiger partial charge in [-0.05, 0) is 42.0 Å². The van der Waals surface area contributed by atoms with Gasteiger partial charge in [0.15, 0.2) is 6.61 Å². The van der Waals surface area contributed by atoms with Crippen LogP contribution in [0.1, 0.15) is 6.92 Å². The molecule has 0 aliphatic carbocycles. The summed E-state index contributed by atoms with van der Waals surface area (Å²) in [6, 6.07) is 19.2. The van der Waals surface area contributed by atoms with E-state index < -0.39 is 28.7 Å². The van der Waals surface area contributed by atoms with Gasteiger partial charge in [0.1, 0.15) is 5.25 Å². The van der Waals surface area contributed by atoms with Crippen LogP contribution in [0.3, 0.4) is 0 Å². The van der Waals surface area contributed by atoms with Crippen molar-refractivity contribution in [3.63, 3.8) is 0 Å². The van der Waals surface area contributed by atoms with Gasteiger partial charge in [-0.15, -0.1) is 11.8 Å². The smallest absolute Gasteiger partial charge is 0.319 e. The SMILES string of the molecule is C[C@H](Sc1ccc([N+](=O)[O-])cc1)C(=O)OCC(=O)Nc1ccc2ccccc2c1. The molecular weight excluding hydrogens is 392 g/mol. The number of nitro benzene ring substituents is 1. The Balaban J connectivity index is 1.49. The van der Waals surface area contributed by atoms with Crippen molar-refractivity contribution in [1.29, 1.82) is 0 Å². The lowest BCUT2D eigenvalue weighted by molar-refractivity contribution is -0.384. The summed E-state index contributed by atoms with van der Waals surface area (Å²) >= 11 is 1.20. The van der Waals surface area contributed by atoms with Crippen LogP contribution < -0.4 is 5.32 Å². The minimum absolute atomic E-state index is 0.0186. The molecule has 0 saturated heterocycles. The quantitative estimate of drug-likeness (QED) is 0.268. The molecule has 0 radical (unpaired) electrons. The number of hydrogen-bond acceptors (Lipinski definition) is 6. The number of rotatable bonds is 7. The largest absolute Gasteiger partial charge is 0.455 e. The van der Waals surface area contributed by atoms with Crippen molar-refractivity contribution in [3.8, 4) is 0 Å². The zero-order chi connectivity index (χ0) is 20.8. The van der Waals surface area contributed by atoms with Crippen LogP contribution in [0.4, 0.5) is 11.4 Å². The Morgan fingerprint density at radius 3 is 2.45 bits per heavy atom. The molecule has 0 aliphatic heterocycles. The van der Waals surface area contributed by atoms with E-state index in [-0.39, 0.29) is 5.69 Å². The number of non-ortho nitro benzene ring substituents is 1. The highest BCUT2D eigenvalue weighted by Gasteiger charge is 2.18. The molecule has 7 nitrogen and oxygen atoms in total. The second-order valence-electron chi connectivity index (χ2n) is 6.23. The number of amides is 1. The van der Waals surface area contributed by atoms with Crippen LogP contribution in [0.25, 0.3) is 10.8 Å². The van der Waals surface area contributed by atoms with Crippen molar-refractivity contribution in [2.45, 2.75) is 17.1 Å². The fourth-order valence-corrected chi connectivity index (χ4v) is 3.48. The Morgan fingerprint density at radius 1 is 1.07 bits per heavy atom. The summed E-state index contributed by atoms with van der Waals surface area (Å²) in [5, 5.41) is 14.9. The summed E-state index contributed by atoms with van der Waals surface area (Å²) in [6.07, 6.45) is 0. The summed E-state index contributed by atoms with van der Waals surface area (Å²) in [6.45, 7) is 1.26. The Bertz CT molecular complexity index is 1050. The first-order valence-electron chi connectivity index (χ1n) is 8.79. The first kappa shape index (κ1) is 20.3. The molecule has 0 heterocycles. The third-order valence-electron chi connectivity index (χ3n) is 4.07. The predicted molar refractivity (Wildman–Crippen MR) is 112 cm³/mol. The molecule has 1 atom stereocenters. The van der Waals surface area contributed by atoms with Crippen LogP contribution in [-0.2, 0) is 14.3 Å². The van der Waals surface area contributed by atoms with E-state index in [0.717, 1.165) is 10.8 Å². The maximum absolute atomic E-state index is 12.1. The second-order valence-corrected chi connectivity index (χ2v) is 7.64. The number of nitro groups is 1. The Hall–Kier alpha value is -3.39. The van der Waals surface area contributed by atoms with Gasteiger partial charge in [0, 0.05) is 22.7 Å². The van der Waals surface area contributed by atoms with Gasteiger partial charge < -0.3 is 10.1 Å². The number of carbonyl (C=O) groups excluding carboxylic acids is 2.